The first kappa shape index (κ1) is 14.8. The molecule has 0 aliphatic rings. The minimum atomic E-state index is -0.166. The summed E-state index contributed by atoms with van der Waals surface area (Å²) in [5.74, 6) is 0.461. The Labute approximate surface area is 112 Å². The van der Waals surface area contributed by atoms with Crippen molar-refractivity contribution in [2.45, 2.75) is 19.8 Å². The van der Waals surface area contributed by atoms with Crippen molar-refractivity contribution in [3.05, 3.63) is 28.8 Å². The van der Waals surface area contributed by atoms with Crippen LogP contribution in [0.15, 0.2) is 18.2 Å². The van der Waals surface area contributed by atoms with Gasteiger partial charge in [0.2, 0.25) is 0 Å². The number of unbranched alkanes of at least 4 members (excludes halogenated alkanes) is 1. The van der Waals surface area contributed by atoms with Crippen LogP contribution in [0, 0.1) is 6.92 Å². The molecule has 1 rings (SSSR count). The first-order chi connectivity index (χ1) is 8.63. The van der Waals surface area contributed by atoms with E-state index in [4.69, 9.17) is 21.4 Å². The molecule has 0 saturated carbocycles. The molecule has 1 aromatic rings. The van der Waals surface area contributed by atoms with Crippen LogP contribution in [0.2, 0.25) is 5.02 Å². The van der Waals surface area contributed by atoms with Crippen molar-refractivity contribution < 1.29 is 14.6 Å². The normalized spacial score (nSPS) is 10.2. The highest BCUT2D eigenvalue weighted by atomic mass is 35.5. The molecule has 0 fully saturated rings. The zero-order chi connectivity index (χ0) is 13.4. The van der Waals surface area contributed by atoms with Gasteiger partial charge in [-0.05, 0) is 43.5 Å². The van der Waals surface area contributed by atoms with Gasteiger partial charge >= 0.3 is 0 Å². The Morgan fingerprint density at radius 1 is 1.44 bits per heavy atom. The lowest BCUT2D eigenvalue weighted by Gasteiger charge is -2.08. The third-order valence-electron chi connectivity index (χ3n) is 2.41. The Balaban J connectivity index is 2.27. The third-order valence-corrected chi connectivity index (χ3v) is 2.83. The second kappa shape index (κ2) is 7.95. The van der Waals surface area contributed by atoms with E-state index in [0.29, 0.717) is 23.7 Å². The first-order valence-electron chi connectivity index (χ1n) is 5.90. The zero-order valence-corrected chi connectivity index (χ0v) is 11.2. The molecule has 0 saturated heterocycles. The summed E-state index contributed by atoms with van der Waals surface area (Å²) >= 11 is 5.89. The molecule has 0 aliphatic heterocycles. The number of carbonyl (C=O) groups excluding carboxylic acids is 1. The number of aryl methyl sites for hydroxylation is 1. The number of nitrogens with one attached hydrogen (secondary N) is 1. The molecule has 0 aromatic heterocycles. The molecule has 100 valence electrons. The van der Waals surface area contributed by atoms with E-state index in [9.17, 15) is 4.79 Å². The Bertz CT molecular complexity index is 396. The van der Waals surface area contributed by atoms with Crippen LogP contribution in [0.3, 0.4) is 0 Å². The summed E-state index contributed by atoms with van der Waals surface area (Å²) in [6.45, 7) is 2.57. The van der Waals surface area contributed by atoms with E-state index in [0.717, 1.165) is 12.0 Å². The van der Waals surface area contributed by atoms with Crippen molar-refractivity contribution in [3.8, 4) is 5.75 Å². The molecule has 0 aliphatic carbocycles. The van der Waals surface area contributed by atoms with E-state index >= 15 is 0 Å². The molecule has 5 heteroatoms. The van der Waals surface area contributed by atoms with Crippen LogP contribution >= 0.6 is 11.6 Å². The fraction of sp³-hybridized carbons (Fsp3) is 0.462. The molecule has 4 nitrogen and oxygen atoms in total. The van der Waals surface area contributed by atoms with Crippen molar-refractivity contribution in [1.29, 1.82) is 0 Å². The Morgan fingerprint density at radius 3 is 2.89 bits per heavy atom. The van der Waals surface area contributed by atoms with Crippen molar-refractivity contribution in [2.75, 3.05) is 19.8 Å². The number of benzene rings is 1. The molecule has 0 spiro atoms. The van der Waals surface area contributed by atoms with Gasteiger partial charge in [-0.3, -0.25) is 4.79 Å². The average molecular weight is 272 g/mol. The predicted octanol–water partition coefficient (Wildman–Crippen LogP) is 1.92. The summed E-state index contributed by atoms with van der Waals surface area (Å²) in [6.07, 6.45) is 1.46. The molecule has 0 unspecified atom stereocenters. The number of halogens is 1. The monoisotopic (exact) mass is 271 g/mol. The smallest absolute Gasteiger partial charge is 0.257 e. The lowest BCUT2D eigenvalue weighted by molar-refractivity contribution is -0.123. The molecule has 0 heterocycles. The lowest BCUT2D eigenvalue weighted by Crippen LogP contribution is -2.29. The predicted molar refractivity (Wildman–Crippen MR) is 71.0 cm³/mol. The fourth-order valence-electron chi connectivity index (χ4n) is 1.37. The molecule has 18 heavy (non-hydrogen) atoms. The average Bonchev–Trinajstić information content (AvgIpc) is 2.36. The van der Waals surface area contributed by atoms with Gasteiger partial charge in [-0.15, -0.1) is 0 Å². The summed E-state index contributed by atoms with van der Waals surface area (Å²) in [5.41, 5.74) is 0.914. The van der Waals surface area contributed by atoms with Crippen LogP contribution in [0.25, 0.3) is 0 Å². The quantitative estimate of drug-likeness (QED) is 0.745. The second-order valence-corrected chi connectivity index (χ2v) is 4.39. The Morgan fingerprint density at radius 2 is 2.22 bits per heavy atom. The molecular weight excluding hydrogens is 254 g/mol. The number of hydrogen-bond donors (Lipinski definition) is 2. The van der Waals surface area contributed by atoms with Gasteiger partial charge in [-0.25, -0.2) is 0 Å². The van der Waals surface area contributed by atoms with Crippen molar-refractivity contribution in [1.82, 2.24) is 5.32 Å². The van der Waals surface area contributed by atoms with Crippen LogP contribution in [-0.2, 0) is 4.79 Å². The number of hydrogen-bond acceptors (Lipinski definition) is 3. The largest absolute Gasteiger partial charge is 0.484 e. The topological polar surface area (TPSA) is 58.6 Å². The van der Waals surface area contributed by atoms with Gasteiger partial charge in [-0.1, -0.05) is 11.6 Å². The van der Waals surface area contributed by atoms with E-state index in [1.54, 1.807) is 18.2 Å². The minimum absolute atomic E-state index is 0.0137. The summed E-state index contributed by atoms with van der Waals surface area (Å²) in [4.78, 5) is 11.4. The molecule has 0 bridgehead atoms. The zero-order valence-electron chi connectivity index (χ0n) is 10.4. The van der Waals surface area contributed by atoms with E-state index in [1.165, 1.54) is 0 Å². The number of aliphatic hydroxyl groups excluding tert-OH is 1. The summed E-state index contributed by atoms with van der Waals surface area (Å²) in [6, 6.07) is 5.27. The van der Waals surface area contributed by atoms with Gasteiger partial charge in [-0.2, -0.15) is 0 Å². The van der Waals surface area contributed by atoms with Gasteiger partial charge in [0.25, 0.3) is 5.91 Å². The van der Waals surface area contributed by atoms with Gasteiger partial charge in [0.1, 0.15) is 5.75 Å². The minimum Gasteiger partial charge on any atom is -0.484 e. The maximum Gasteiger partial charge on any atom is 0.257 e. The third kappa shape index (κ3) is 5.38. The number of amides is 1. The Kier molecular flexibility index (Phi) is 6.54. The second-order valence-electron chi connectivity index (χ2n) is 3.98. The van der Waals surface area contributed by atoms with E-state index in [-0.39, 0.29) is 19.1 Å². The van der Waals surface area contributed by atoms with Crippen LogP contribution in [0.5, 0.6) is 5.75 Å². The number of rotatable bonds is 7. The highest BCUT2D eigenvalue weighted by Crippen LogP contribution is 2.20. The number of aliphatic hydroxyl groups is 1. The van der Waals surface area contributed by atoms with Gasteiger partial charge in [0.05, 0.1) is 0 Å². The lowest BCUT2D eigenvalue weighted by atomic mass is 10.2. The number of carbonyl (C=O) groups is 1. The van der Waals surface area contributed by atoms with E-state index in [2.05, 4.69) is 5.32 Å². The Hall–Kier alpha value is -1.26. The van der Waals surface area contributed by atoms with Gasteiger partial charge in [0, 0.05) is 18.2 Å². The summed E-state index contributed by atoms with van der Waals surface area (Å²) in [5, 5.41) is 12.0. The standard InChI is InChI=1S/C13H18ClNO3/c1-10-8-11(4-5-12(10)14)18-9-13(17)15-6-2-3-7-16/h4-5,8,16H,2-3,6-7,9H2,1H3,(H,15,17). The maximum absolute atomic E-state index is 11.4. The molecule has 1 aromatic carbocycles. The van der Waals surface area contributed by atoms with Crippen molar-refractivity contribution in [3.63, 3.8) is 0 Å². The molecular formula is C13H18ClNO3. The molecule has 0 radical (unpaired) electrons. The van der Waals surface area contributed by atoms with E-state index < -0.39 is 0 Å². The van der Waals surface area contributed by atoms with Crippen LogP contribution < -0.4 is 10.1 Å². The van der Waals surface area contributed by atoms with Crippen LogP contribution in [0.1, 0.15) is 18.4 Å². The number of ether oxygens (including phenoxy) is 1. The molecule has 2 N–H and O–H groups in total. The highest BCUT2D eigenvalue weighted by molar-refractivity contribution is 6.31. The van der Waals surface area contributed by atoms with Crippen molar-refractivity contribution in [2.24, 2.45) is 0 Å². The first-order valence-corrected chi connectivity index (χ1v) is 6.28. The van der Waals surface area contributed by atoms with Crippen LogP contribution in [-0.4, -0.2) is 30.8 Å². The highest BCUT2D eigenvalue weighted by Gasteiger charge is 2.03. The van der Waals surface area contributed by atoms with E-state index in [1.807, 2.05) is 6.92 Å². The fourth-order valence-corrected chi connectivity index (χ4v) is 1.49. The van der Waals surface area contributed by atoms with Crippen molar-refractivity contribution >= 4 is 17.5 Å². The van der Waals surface area contributed by atoms with Crippen LogP contribution in [0.4, 0.5) is 0 Å². The molecule has 0 atom stereocenters. The maximum atomic E-state index is 11.4. The SMILES string of the molecule is Cc1cc(OCC(=O)NCCCCO)ccc1Cl. The summed E-state index contributed by atoms with van der Waals surface area (Å²) < 4.78 is 5.34. The molecule has 1 amide bonds. The van der Waals surface area contributed by atoms with Gasteiger partial charge in [0.15, 0.2) is 6.61 Å². The summed E-state index contributed by atoms with van der Waals surface area (Å²) in [7, 11) is 0. The van der Waals surface area contributed by atoms with Gasteiger partial charge < -0.3 is 15.2 Å².